The lowest BCUT2D eigenvalue weighted by Crippen LogP contribution is -2.47. The van der Waals surface area contributed by atoms with E-state index in [1.54, 1.807) is 28.7 Å². The Kier molecular flexibility index (Phi) is 7.45. The molecule has 2 fully saturated rings. The van der Waals surface area contributed by atoms with Crippen LogP contribution in [0.1, 0.15) is 31.4 Å². The van der Waals surface area contributed by atoms with E-state index in [0.717, 1.165) is 36.5 Å². The van der Waals surface area contributed by atoms with E-state index < -0.39 is 0 Å². The number of carbonyl (C=O) groups is 1. The number of thiocarbonyl (C=S) groups is 1. The Morgan fingerprint density at radius 1 is 1.08 bits per heavy atom. The van der Waals surface area contributed by atoms with Crippen LogP contribution in [0.2, 0.25) is 0 Å². The molecule has 0 N–H and O–H groups in total. The summed E-state index contributed by atoms with van der Waals surface area (Å²) in [6, 6.07) is 11.8. The van der Waals surface area contributed by atoms with Crippen LogP contribution in [0.5, 0.6) is 5.75 Å². The number of methoxy groups -OCH3 is 1. The van der Waals surface area contributed by atoms with Crippen molar-refractivity contribution in [1.29, 1.82) is 0 Å². The third-order valence-electron chi connectivity index (χ3n) is 7.13. The lowest BCUT2D eigenvalue weighted by atomic mass is 10.2. The van der Waals surface area contributed by atoms with E-state index in [9.17, 15) is 9.59 Å². The number of aryl methyl sites for hydroxylation is 1. The second-order valence-electron chi connectivity index (χ2n) is 9.57. The van der Waals surface area contributed by atoms with Gasteiger partial charge in [-0.15, -0.1) is 0 Å². The van der Waals surface area contributed by atoms with E-state index in [0.29, 0.717) is 39.3 Å². The van der Waals surface area contributed by atoms with Crippen molar-refractivity contribution in [2.75, 3.05) is 43.1 Å². The average Bonchev–Trinajstić information content (AvgIpc) is 3.22. The van der Waals surface area contributed by atoms with Gasteiger partial charge in [0.15, 0.2) is 0 Å². The summed E-state index contributed by atoms with van der Waals surface area (Å²) < 4.78 is 7.37. The van der Waals surface area contributed by atoms with Crippen LogP contribution in [0.4, 0.5) is 11.5 Å². The molecule has 2 aromatic heterocycles. The van der Waals surface area contributed by atoms with Gasteiger partial charge in [-0.2, -0.15) is 0 Å². The summed E-state index contributed by atoms with van der Waals surface area (Å²) in [4.78, 5) is 38.6. The predicted molar refractivity (Wildman–Crippen MR) is 158 cm³/mol. The first-order chi connectivity index (χ1) is 18.3. The molecule has 5 rings (SSSR count). The molecule has 4 heterocycles. The van der Waals surface area contributed by atoms with Gasteiger partial charge >= 0.3 is 0 Å². The molecule has 1 amide bonds. The average molecular weight is 550 g/mol. The maximum absolute atomic E-state index is 13.8. The molecule has 8 nitrogen and oxygen atoms in total. The molecular formula is C28H31N5O3S2. The molecule has 0 aliphatic carbocycles. The second-order valence-corrected chi connectivity index (χ2v) is 11.2. The monoisotopic (exact) mass is 549 g/mol. The highest BCUT2D eigenvalue weighted by molar-refractivity contribution is 8.26. The third-order valence-corrected chi connectivity index (χ3v) is 8.46. The minimum absolute atomic E-state index is 0.00243. The quantitative estimate of drug-likeness (QED) is 0.332. The number of amides is 1. The number of nitrogens with zero attached hydrogens (tertiary/aromatic N) is 5. The minimum Gasteiger partial charge on any atom is -0.497 e. The SMILES string of the molecule is CC[C@H](C)N1C(=O)/C(=C/c2c(N3CCN(c4ccc(OC)cc4)CC3)nc3ccc(C)cn3c2=O)SC1=S. The molecule has 1 atom stereocenters. The zero-order valence-corrected chi connectivity index (χ0v) is 23.6. The van der Waals surface area contributed by atoms with Gasteiger partial charge in [-0.1, -0.05) is 37.0 Å². The van der Waals surface area contributed by atoms with Crippen molar-refractivity contribution in [2.24, 2.45) is 0 Å². The molecular weight excluding hydrogens is 518 g/mol. The van der Waals surface area contributed by atoms with Gasteiger partial charge < -0.3 is 14.5 Å². The molecule has 0 unspecified atom stereocenters. The number of piperazine rings is 1. The first kappa shape index (κ1) is 26.2. The molecule has 198 valence electrons. The molecule has 2 aliphatic heterocycles. The molecule has 38 heavy (non-hydrogen) atoms. The van der Waals surface area contributed by atoms with Gasteiger partial charge in [-0.25, -0.2) is 4.98 Å². The summed E-state index contributed by atoms with van der Waals surface area (Å²) in [6.07, 6.45) is 4.28. The summed E-state index contributed by atoms with van der Waals surface area (Å²) in [7, 11) is 1.66. The van der Waals surface area contributed by atoms with Gasteiger partial charge in [-0.05, 0) is 62.2 Å². The zero-order valence-electron chi connectivity index (χ0n) is 22.0. The van der Waals surface area contributed by atoms with Gasteiger partial charge in [0.2, 0.25) is 0 Å². The number of pyridine rings is 1. The topological polar surface area (TPSA) is 70.4 Å². The van der Waals surface area contributed by atoms with Crippen LogP contribution in [0, 0.1) is 6.92 Å². The van der Waals surface area contributed by atoms with Crippen molar-refractivity contribution in [2.45, 2.75) is 33.2 Å². The van der Waals surface area contributed by atoms with Crippen LogP contribution in [0.25, 0.3) is 11.7 Å². The lowest BCUT2D eigenvalue weighted by molar-refractivity contribution is -0.123. The number of ether oxygens (including phenoxy) is 1. The van der Waals surface area contributed by atoms with Gasteiger partial charge in [0.05, 0.1) is 17.6 Å². The van der Waals surface area contributed by atoms with Crippen molar-refractivity contribution in [3.63, 3.8) is 0 Å². The van der Waals surface area contributed by atoms with E-state index in [1.807, 2.05) is 45.0 Å². The van der Waals surface area contributed by atoms with Crippen molar-refractivity contribution >= 4 is 57.4 Å². The molecule has 1 aromatic carbocycles. The van der Waals surface area contributed by atoms with Crippen LogP contribution < -0.4 is 20.1 Å². The molecule has 2 saturated heterocycles. The normalized spacial score (nSPS) is 18.1. The maximum Gasteiger partial charge on any atom is 0.267 e. The fourth-order valence-corrected chi connectivity index (χ4v) is 6.20. The molecule has 0 radical (unpaired) electrons. The number of rotatable bonds is 6. The van der Waals surface area contributed by atoms with E-state index in [-0.39, 0.29) is 17.5 Å². The third kappa shape index (κ3) is 4.90. The van der Waals surface area contributed by atoms with Crippen molar-refractivity contribution in [1.82, 2.24) is 14.3 Å². The van der Waals surface area contributed by atoms with Gasteiger partial charge in [-0.3, -0.25) is 18.9 Å². The number of aromatic nitrogens is 2. The standard InChI is InChI=1S/C28H31N5O3S2/c1-5-19(3)33-27(35)23(38-28(33)37)16-22-25(29-24-11-6-18(2)17-32(24)26(22)34)31-14-12-30(13-15-31)20-7-9-21(36-4)10-8-20/h6-11,16-17,19H,5,12-15H2,1-4H3/b23-16-/t19-/m0/s1. The van der Waals surface area contributed by atoms with E-state index in [4.69, 9.17) is 21.9 Å². The number of benzene rings is 1. The van der Waals surface area contributed by atoms with Crippen LogP contribution in [-0.2, 0) is 4.79 Å². The Balaban J connectivity index is 1.51. The Hall–Kier alpha value is -3.37. The molecule has 10 heteroatoms. The summed E-state index contributed by atoms with van der Waals surface area (Å²) in [5.74, 6) is 1.27. The number of thioether (sulfide) groups is 1. The Morgan fingerprint density at radius 3 is 2.42 bits per heavy atom. The molecule has 2 aliphatic rings. The smallest absolute Gasteiger partial charge is 0.267 e. The summed E-state index contributed by atoms with van der Waals surface area (Å²) >= 11 is 6.77. The van der Waals surface area contributed by atoms with Gasteiger partial charge in [0.25, 0.3) is 11.5 Å². The highest BCUT2D eigenvalue weighted by Crippen LogP contribution is 2.35. The first-order valence-electron chi connectivity index (χ1n) is 12.7. The van der Waals surface area contributed by atoms with Crippen molar-refractivity contribution < 1.29 is 9.53 Å². The number of fused-ring (bicyclic) bond motifs is 1. The number of hydrogen-bond acceptors (Lipinski definition) is 8. The second kappa shape index (κ2) is 10.8. The number of anilines is 2. The van der Waals surface area contributed by atoms with Gasteiger partial charge in [0.1, 0.15) is 21.5 Å². The largest absolute Gasteiger partial charge is 0.497 e. The molecule has 0 spiro atoms. The Labute approximate surface area is 231 Å². The lowest BCUT2D eigenvalue weighted by Gasteiger charge is -2.37. The molecule has 3 aromatic rings. The Morgan fingerprint density at radius 2 is 1.76 bits per heavy atom. The van der Waals surface area contributed by atoms with Gasteiger partial charge in [0, 0.05) is 44.1 Å². The van der Waals surface area contributed by atoms with Crippen molar-refractivity contribution in [3.05, 3.63) is 69.0 Å². The number of hydrogen-bond donors (Lipinski definition) is 0. The van der Waals surface area contributed by atoms with Crippen LogP contribution in [0.15, 0.2) is 52.3 Å². The van der Waals surface area contributed by atoms with Crippen LogP contribution in [-0.4, -0.2) is 63.8 Å². The summed E-state index contributed by atoms with van der Waals surface area (Å²) in [5.41, 5.74) is 2.88. The fourth-order valence-electron chi connectivity index (χ4n) is 4.76. The van der Waals surface area contributed by atoms with Crippen LogP contribution >= 0.6 is 24.0 Å². The molecule has 0 saturated carbocycles. The van der Waals surface area contributed by atoms with E-state index in [2.05, 4.69) is 21.9 Å². The fraction of sp³-hybridized carbons (Fsp3) is 0.357. The Bertz CT molecular complexity index is 1480. The van der Waals surface area contributed by atoms with Crippen LogP contribution in [0.3, 0.4) is 0 Å². The number of carbonyl (C=O) groups excluding carboxylic acids is 1. The highest BCUT2D eigenvalue weighted by atomic mass is 32.2. The highest BCUT2D eigenvalue weighted by Gasteiger charge is 2.35. The summed E-state index contributed by atoms with van der Waals surface area (Å²) in [6.45, 7) is 8.88. The minimum atomic E-state index is -0.194. The van der Waals surface area contributed by atoms with E-state index in [1.165, 1.54) is 11.8 Å². The zero-order chi connectivity index (χ0) is 27.0. The predicted octanol–water partition coefficient (Wildman–Crippen LogP) is 4.34. The molecule has 0 bridgehead atoms. The summed E-state index contributed by atoms with van der Waals surface area (Å²) in [5, 5.41) is 0. The van der Waals surface area contributed by atoms with Crippen molar-refractivity contribution in [3.8, 4) is 5.75 Å². The first-order valence-corrected chi connectivity index (χ1v) is 14.0. The maximum atomic E-state index is 13.8. The van der Waals surface area contributed by atoms with E-state index >= 15 is 0 Å².